The second-order valence-electron chi connectivity index (χ2n) is 5.87. The van der Waals surface area contributed by atoms with Gasteiger partial charge in [0.25, 0.3) is 0 Å². The molecule has 1 aromatic rings. The Morgan fingerprint density at radius 1 is 1.19 bits per heavy atom. The minimum absolute atomic E-state index is 0.293. The number of benzene rings is 1. The van der Waals surface area contributed by atoms with Crippen LogP contribution in [-0.2, 0) is 0 Å². The third-order valence-corrected chi connectivity index (χ3v) is 5.64. The molecule has 1 unspecified atom stereocenters. The van der Waals surface area contributed by atoms with E-state index in [0.717, 1.165) is 16.0 Å². The van der Waals surface area contributed by atoms with E-state index in [0.29, 0.717) is 11.5 Å². The summed E-state index contributed by atoms with van der Waals surface area (Å²) in [7, 11) is 5.49. The summed E-state index contributed by atoms with van der Waals surface area (Å²) in [6, 6.07) is 4.42. The summed E-state index contributed by atoms with van der Waals surface area (Å²) in [5.74, 6) is 1.78. The largest absolute Gasteiger partial charge is 0.496 e. The van der Waals surface area contributed by atoms with Crippen LogP contribution in [-0.4, -0.2) is 21.3 Å². The van der Waals surface area contributed by atoms with E-state index in [1.165, 1.54) is 37.7 Å². The van der Waals surface area contributed by atoms with Crippen molar-refractivity contribution < 1.29 is 9.47 Å². The SMILES string of the molecule is CCC1(C(NC)c2cc(OC)c(Br)cc2OC)CCCC1. The van der Waals surface area contributed by atoms with Gasteiger partial charge in [0.05, 0.1) is 18.7 Å². The van der Waals surface area contributed by atoms with Gasteiger partial charge in [-0.3, -0.25) is 0 Å². The van der Waals surface area contributed by atoms with E-state index in [1.54, 1.807) is 14.2 Å². The Balaban J connectivity index is 2.50. The molecule has 1 aliphatic carbocycles. The van der Waals surface area contributed by atoms with Crippen molar-refractivity contribution in [2.45, 2.75) is 45.1 Å². The van der Waals surface area contributed by atoms with Gasteiger partial charge in [0, 0.05) is 11.6 Å². The van der Waals surface area contributed by atoms with Crippen molar-refractivity contribution >= 4 is 15.9 Å². The summed E-state index contributed by atoms with van der Waals surface area (Å²) >= 11 is 3.54. The van der Waals surface area contributed by atoms with E-state index in [4.69, 9.17) is 9.47 Å². The summed E-state index contributed by atoms with van der Waals surface area (Å²) in [5, 5.41) is 3.55. The molecule has 0 spiro atoms. The van der Waals surface area contributed by atoms with Crippen molar-refractivity contribution in [3.63, 3.8) is 0 Å². The van der Waals surface area contributed by atoms with Crippen LogP contribution in [0.4, 0.5) is 0 Å². The summed E-state index contributed by atoms with van der Waals surface area (Å²) in [6.07, 6.45) is 6.37. The minimum Gasteiger partial charge on any atom is -0.496 e. The highest BCUT2D eigenvalue weighted by molar-refractivity contribution is 9.10. The van der Waals surface area contributed by atoms with E-state index in [1.807, 2.05) is 13.1 Å². The van der Waals surface area contributed by atoms with Crippen molar-refractivity contribution in [3.8, 4) is 11.5 Å². The molecular weight excluding hydrogens is 330 g/mol. The van der Waals surface area contributed by atoms with Gasteiger partial charge in [-0.2, -0.15) is 0 Å². The van der Waals surface area contributed by atoms with Crippen LogP contribution in [0.5, 0.6) is 11.5 Å². The number of hydrogen-bond acceptors (Lipinski definition) is 3. The topological polar surface area (TPSA) is 30.5 Å². The predicted molar refractivity (Wildman–Crippen MR) is 90.2 cm³/mol. The van der Waals surface area contributed by atoms with Crippen molar-refractivity contribution in [1.82, 2.24) is 5.32 Å². The first kappa shape index (κ1) is 16.6. The van der Waals surface area contributed by atoms with Crippen molar-refractivity contribution in [3.05, 3.63) is 22.2 Å². The molecule has 0 aromatic heterocycles. The van der Waals surface area contributed by atoms with Gasteiger partial charge in [-0.1, -0.05) is 19.8 Å². The highest BCUT2D eigenvalue weighted by Crippen LogP contribution is 2.52. The van der Waals surface area contributed by atoms with E-state index in [-0.39, 0.29) is 0 Å². The third-order valence-electron chi connectivity index (χ3n) is 5.02. The molecule has 0 bridgehead atoms. The lowest BCUT2D eigenvalue weighted by Crippen LogP contribution is -2.34. The summed E-state index contributed by atoms with van der Waals surface area (Å²) in [5.41, 5.74) is 1.52. The molecule has 0 heterocycles. The molecule has 1 aromatic carbocycles. The third kappa shape index (κ3) is 3.07. The maximum Gasteiger partial charge on any atom is 0.133 e. The fraction of sp³-hybridized carbons (Fsp3) is 0.647. The zero-order valence-electron chi connectivity index (χ0n) is 13.5. The molecule has 1 aliphatic rings. The molecule has 1 atom stereocenters. The van der Waals surface area contributed by atoms with Crippen molar-refractivity contribution in [2.24, 2.45) is 5.41 Å². The molecule has 0 amide bonds. The Hall–Kier alpha value is -0.740. The van der Waals surface area contributed by atoms with E-state index < -0.39 is 0 Å². The Labute approximate surface area is 136 Å². The van der Waals surface area contributed by atoms with E-state index in [9.17, 15) is 0 Å². The number of methoxy groups -OCH3 is 2. The quantitative estimate of drug-likeness (QED) is 0.802. The molecule has 0 aliphatic heterocycles. The van der Waals surface area contributed by atoms with Gasteiger partial charge in [0.15, 0.2) is 0 Å². The smallest absolute Gasteiger partial charge is 0.133 e. The van der Waals surface area contributed by atoms with Gasteiger partial charge in [-0.15, -0.1) is 0 Å². The lowest BCUT2D eigenvalue weighted by molar-refractivity contribution is 0.191. The van der Waals surface area contributed by atoms with Crippen molar-refractivity contribution in [2.75, 3.05) is 21.3 Å². The second kappa shape index (κ2) is 7.01. The fourth-order valence-corrected chi connectivity index (χ4v) is 4.31. The molecule has 21 heavy (non-hydrogen) atoms. The summed E-state index contributed by atoms with van der Waals surface area (Å²) in [4.78, 5) is 0. The highest BCUT2D eigenvalue weighted by Gasteiger charge is 2.41. The number of rotatable bonds is 6. The molecule has 0 saturated heterocycles. The Morgan fingerprint density at radius 2 is 1.81 bits per heavy atom. The van der Waals surface area contributed by atoms with E-state index in [2.05, 4.69) is 34.2 Å². The lowest BCUT2D eigenvalue weighted by Gasteiger charge is -2.38. The van der Waals surface area contributed by atoms with Crippen LogP contribution < -0.4 is 14.8 Å². The molecule has 1 N–H and O–H groups in total. The summed E-state index contributed by atoms with van der Waals surface area (Å²) in [6.45, 7) is 2.30. The molecule has 118 valence electrons. The van der Waals surface area contributed by atoms with Crippen LogP contribution in [0, 0.1) is 5.41 Å². The molecular formula is C17H26BrNO2. The van der Waals surface area contributed by atoms with Gasteiger partial charge in [0.1, 0.15) is 11.5 Å². The maximum absolute atomic E-state index is 5.63. The Bertz CT molecular complexity index is 484. The number of ether oxygens (including phenoxy) is 2. The molecule has 0 radical (unpaired) electrons. The molecule has 2 rings (SSSR count). The maximum atomic E-state index is 5.63. The molecule has 3 nitrogen and oxygen atoms in total. The van der Waals surface area contributed by atoms with Crippen LogP contribution in [0.1, 0.15) is 50.6 Å². The number of halogens is 1. The summed E-state index contributed by atoms with van der Waals surface area (Å²) < 4.78 is 12.0. The van der Waals surface area contributed by atoms with Crippen LogP contribution in [0.2, 0.25) is 0 Å². The van der Waals surface area contributed by atoms with Gasteiger partial charge in [-0.05, 0) is 59.8 Å². The number of hydrogen-bond donors (Lipinski definition) is 1. The molecule has 1 saturated carbocycles. The molecule has 1 fully saturated rings. The van der Waals surface area contributed by atoms with Crippen molar-refractivity contribution in [1.29, 1.82) is 0 Å². The predicted octanol–water partition coefficient (Wildman–Crippen LogP) is 4.70. The first-order chi connectivity index (χ1) is 10.1. The van der Waals surface area contributed by atoms with Gasteiger partial charge in [-0.25, -0.2) is 0 Å². The standard InChI is InChI=1S/C17H26BrNO2/c1-5-17(8-6-7-9-17)16(19-2)12-10-15(21-4)13(18)11-14(12)20-3/h10-11,16,19H,5-9H2,1-4H3. The fourth-order valence-electron chi connectivity index (χ4n) is 3.83. The zero-order chi connectivity index (χ0) is 15.5. The van der Waals surface area contributed by atoms with Crippen LogP contribution >= 0.6 is 15.9 Å². The van der Waals surface area contributed by atoms with Gasteiger partial charge < -0.3 is 14.8 Å². The van der Waals surface area contributed by atoms with E-state index >= 15 is 0 Å². The zero-order valence-corrected chi connectivity index (χ0v) is 15.0. The first-order valence-corrected chi connectivity index (χ1v) is 8.50. The van der Waals surface area contributed by atoms with Crippen LogP contribution in [0.15, 0.2) is 16.6 Å². The highest BCUT2D eigenvalue weighted by atomic mass is 79.9. The van der Waals surface area contributed by atoms with Gasteiger partial charge >= 0.3 is 0 Å². The average molecular weight is 356 g/mol. The lowest BCUT2D eigenvalue weighted by atomic mass is 9.73. The monoisotopic (exact) mass is 355 g/mol. The van der Waals surface area contributed by atoms with Crippen LogP contribution in [0.3, 0.4) is 0 Å². The Morgan fingerprint density at radius 3 is 2.29 bits per heavy atom. The second-order valence-corrected chi connectivity index (χ2v) is 6.73. The van der Waals surface area contributed by atoms with Crippen LogP contribution in [0.25, 0.3) is 0 Å². The Kier molecular flexibility index (Phi) is 5.55. The normalized spacial score (nSPS) is 18.5. The van der Waals surface area contributed by atoms with Gasteiger partial charge in [0.2, 0.25) is 0 Å². The minimum atomic E-state index is 0.293. The number of nitrogens with one attached hydrogen (secondary N) is 1. The average Bonchev–Trinajstić information content (AvgIpc) is 2.99. The molecule has 4 heteroatoms. The first-order valence-electron chi connectivity index (χ1n) is 7.70.